The van der Waals surface area contributed by atoms with Crippen molar-refractivity contribution in [1.29, 1.82) is 0 Å². The minimum atomic E-state index is -0.204. The number of rotatable bonds is 6. The number of aromatic nitrogens is 2. The second-order valence-corrected chi connectivity index (χ2v) is 8.69. The third-order valence-electron chi connectivity index (χ3n) is 4.36. The zero-order chi connectivity index (χ0) is 21.1. The molecule has 1 aliphatic heterocycles. The van der Waals surface area contributed by atoms with Crippen molar-refractivity contribution in [3.8, 4) is 22.7 Å². The fraction of sp³-hybridized carbons (Fsp3) is 0.136. The first-order chi connectivity index (χ1) is 14.5. The van der Waals surface area contributed by atoms with Crippen LogP contribution in [0.15, 0.2) is 59.6 Å². The lowest BCUT2D eigenvalue weighted by molar-refractivity contribution is -0.115. The summed E-state index contributed by atoms with van der Waals surface area (Å²) in [6.07, 6.45) is 4.59. The summed E-state index contributed by atoms with van der Waals surface area (Å²) in [5, 5.41) is 7.93. The van der Waals surface area contributed by atoms with Gasteiger partial charge in [0.15, 0.2) is 0 Å². The van der Waals surface area contributed by atoms with Crippen molar-refractivity contribution >= 4 is 51.9 Å². The van der Waals surface area contributed by atoms with E-state index in [2.05, 4.69) is 5.32 Å². The quantitative estimate of drug-likeness (QED) is 0.394. The van der Waals surface area contributed by atoms with Gasteiger partial charge in [-0.1, -0.05) is 60.7 Å². The topological polar surface area (TPSA) is 56.1 Å². The van der Waals surface area contributed by atoms with Crippen LogP contribution < -0.4 is 10.1 Å². The Morgan fingerprint density at radius 3 is 2.73 bits per heavy atom. The molecule has 3 aromatic rings. The number of thioether (sulfide) groups is 1. The molecule has 1 aromatic heterocycles. The van der Waals surface area contributed by atoms with Gasteiger partial charge >= 0.3 is 0 Å². The maximum absolute atomic E-state index is 12.2. The van der Waals surface area contributed by atoms with Crippen LogP contribution in [0.5, 0.6) is 5.75 Å². The van der Waals surface area contributed by atoms with E-state index in [0.29, 0.717) is 32.3 Å². The second-order valence-electron chi connectivity index (χ2n) is 6.56. The van der Waals surface area contributed by atoms with E-state index in [1.807, 2.05) is 61.7 Å². The smallest absolute Gasteiger partial charge is 0.263 e. The van der Waals surface area contributed by atoms with Gasteiger partial charge in [-0.25, -0.2) is 4.68 Å². The first-order valence-electron chi connectivity index (χ1n) is 9.38. The van der Waals surface area contributed by atoms with Gasteiger partial charge in [-0.15, -0.1) is 0 Å². The number of hydrogen-bond acceptors (Lipinski definition) is 5. The molecule has 4 rings (SSSR count). The van der Waals surface area contributed by atoms with Crippen molar-refractivity contribution in [3.05, 3.63) is 70.2 Å². The highest BCUT2D eigenvalue weighted by atomic mass is 35.5. The van der Waals surface area contributed by atoms with E-state index in [1.54, 1.807) is 10.8 Å². The molecule has 0 saturated carbocycles. The van der Waals surface area contributed by atoms with E-state index in [4.69, 9.17) is 33.7 Å². The molecule has 1 aliphatic rings. The SMILES string of the molecule is CCCOc1ccc(-c2nn(-c3ccccc3)cc2/C=C2\SC(=S)NC2=O)cc1Cl. The monoisotopic (exact) mass is 455 g/mol. The normalized spacial score (nSPS) is 14.9. The van der Waals surface area contributed by atoms with E-state index in [1.165, 1.54) is 11.8 Å². The van der Waals surface area contributed by atoms with E-state index in [-0.39, 0.29) is 5.91 Å². The number of halogens is 1. The molecule has 0 aliphatic carbocycles. The Balaban J connectivity index is 1.79. The minimum absolute atomic E-state index is 0.204. The number of nitrogens with one attached hydrogen (secondary N) is 1. The highest BCUT2D eigenvalue weighted by Gasteiger charge is 2.23. The number of carbonyl (C=O) groups excluding carboxylic acids is 1. The lowest BCUT2D eigenvalue weighted by Crippen LogP contribution is -2.17. The molecule has 30 heavy (non-hydrogen) atoms. The van der Waals surface area contributed by atoms with Gasteiger partial charge in [0.25, 0.3) is 5.91 Å². The molecule has 5 nitrogen and oxygen atoms in total. The summed E-state index contributed by atoms with van der Waals surface area (Å²) >= 11 is 12.8. The van der Waals surface area contributed by atoms with Gasteiger partial charge in [-0.2, -0.15) is 5.10 Å². The Morgan fingerprint density at radius 2 is 2.07 bits per heavy atom. The average molecular weight is 456 g/mol. The third kappa shape index (κ3) is 4.43. The number of nitrogens with zero attached hydrogens (tertiary/aromatic N) is 2. The van der Waals surface area contributed by atoms with E-state index < -0.39 is 0 Å². The van der Waals surface area contributed by atoms with Crippen molar-refractivity contribution in [2.75, 3.05) is 6.61 Å². The fourth-order valence-corrected chi connectivity index (χ4v) is 4.24. The fourth-order valence-electron chi connectivity index (χ4n) is 2.97. The van der Waals surface area contributed by atoms with Crippen molar-refractivity contribution in [3.63, 3.8) is 0 Å². The Kier molecular flexibility index (Phi) is 6.22. The highest BCUT2D eigenvalue weighted by Crippen LogP contribution is 2.34. The summed E-state index contributed by atoms with van der Waals surface area (Å²) in [5.41, 5.74) is 3.24. The lowest BCUT2D eigenvalue weighted by atomic mass is 10.1. The van der Waals surface area contributed by atoms with Crippen LogP contribution >= 0.6 is 35.6 Å². The molecule has 2 aromatic carbocycles. The highest BCUT2D eigenvalue weighted by molar-refractivity contribution is 8.26. The number of thiocarbonyl (C=S) groups is 1. The van der Waals surface area contributed by atoms with Gasteiger partial charge in [0.1, 0.15) is 15.8 Å². The standard InChI is InChI=1S/C22H18ClN3O2S2/c1-2-10-28-18-9-8-14(11-17(18)23)20-15(12-19-21(27)24-22(29)30-19)13-26(25-20)16-6-4-3-5-7-16/h3-9,11-13H,2,10H2,1H3,(H,24,27,29)/b19-12-. The van der Waals surface area contributed by atoms with Crippen molar-refractivity contribution in [2.45, 2.75) is 13.3 Å². The molecule has 1 fully saturated rings. The van der Waals surface area contributed by atoms with E-state index in [0.717, 1.165) is 23.2 Å². The molecule has 0 atom stereocenters. The van der Waals surface area contributed by atoms with Crippen LogP contribution in [0.2, 0.25) is 5.02 Å². The lowest BCUT2D eigenvalue weighted by Gasteiger charge is -2.08. The van der Waals surface area contributed by atoms with Crippen LogP contribution in [-0.2, 0) is 4.79 Å². The van der Waals surface area contributed by atoms with Gasteiger partial charge < -0.3 is 10.1 Å². The number of ether oxygens (including phenoxy) is 1. The Morgan fingerprint density at radius 1 is 1.27 bits per heavy atom. The Bertz CT molecular complexity index is 1140. The minimum Gasteiger partial charge on any atom is -0.492 e. The van der Waals surface area contributed by atoms with Crippen LogP contribution in [0, 0.1) is 0 Å². The van der Waals surface area contributed by atoms with E-state index in [9.17, 15) is 4.79 Å². The predicted octanol–water partition coefficient (Wildman–Crippen LogP) is 5.47. The first-order valence-corrected chi connectivity index (χ1v) is 11.0. The maximum atomic E-state index is 12.2. The molecule has 152 valence electrons. The average Bonchev–Trinajstić information content (AvgIpc) is 3.30. The summed E-state index contributed by atoms with van der Waals surface area (Å²) in [7, 11) is 0. The summed E-state index contributed by atoms with van der Waals surface area (Å²) in [4.78, 5) is 12.7. The third-order valence-corrected chi connectivity index (χ3v) is 5.82. The van der Waals surface area contributed by atoms with Gasteiger partial charge in [0, 0.05) is 17.3 Å². The summed E-state index contributed by atoms with van der Waals surface area (Å²) in [6.45, 7) is 2.65. The summed E-state index contributed by atoms with van der Waals surface area (Å²) in [5.74, 6) is 0.436. The van der Waals surface area contributed by atoms with Crippen LogP contribution in [0.3, 0.4) is 0 Å². The van der Waals surface area contributed by atoms with Crippen LogP contribution in [0.25, 0.3) is 23.0 Å². The largest absolute Gasteiger partial charge is 0.492 e. The maximum Gasteiger partial charge on any atom is 0.263 e. The molecule has 0 spiro atoms. The molecule has 0 bridgehead atoms. The molecule has 2 heterocycles. The molecular formula is C22H18ClN3O2S2. The molecule has 8 heteroatoms. The van der Waals surface area contributed by atoms with Gasteiger partial charge in [-0.3, -0.25) is 4.79 Å². The predicted molar refractivity (Wildman–Crippen MR) is 126 cm³/mol. The van der Waals surface area contributed by atoms with Gasteiger partial charge in [0.2, 0.25) is 0 Å². The number of benzene rings is 2. The van der Waals surface area contributed by atoms with Gasteiger partial charge in [0.05, 0.1) is 22.2 Å². The number of amides is 1. The first kappa shape index (κ1) is 20.7. The van der Waals surface area contributed by atoms with Crippen LogP contribution in [-0.4, -0.2) is 26.6 Å². The number of carbonyl (C=O) groups is 1. The van der Waals surface area contributed by atoms with Crippen molar-refractivity contribution < 1.29 is 9.53 Å². The zero-order valence-corrected chi connectivity index (χ0v) is 18.5. The number of para-hydroxylation sites is 1. The van der Waals surface area contributed by atoms with Crippen molar-refractivity contribution in [1.82, 2.24) is 15.1 Å². The molecular weight excluding hydrogens is 438 g/mol. The molecule has 1 amide bonds. The van der Waals surface area contributed by atoms with E-state index >= 15 is 0 Å². The van der Waals surface area contributed by atoms with Crippen LogP contribution in [0.4, 0.5) is 0 Å². The molecule has 1 saturated heterocycles. The second kappa shape index (κ2) is 9.04. The van der Waals surface area contributed by atoms with Crippen molar-refractivity contribution in [2.24, 2.45) is 0 Å². The molecule has 0 radical (unpaired) electrons. The number of hydrogen-bond donors (Lipinski definition) is 1. The Hall–Kier alpha value is -2.61. The molecule has 0 unspecified atom stereocenters. The van der Waals surface area contributed by atoms with Crippen LogP contribution in [0.1, 0.15) is 18.9 Å². The molecule has 1 N–H and O–H groups in total. The summed E-state index contributed by atoms with van der Waals surface area (Å²) < 4.78 is 7.91. The van der Waals surface area contributed by atoms with Gasteiger partial charge in [-0.05, 0) is 42.8 Å². The Labute approximate surface area is 189 Å². The summed E-state index contributed by atoms with van der Waals surface area (Å²) in [6, 6.07) is 15.4. The zero-order valence-electron chi connectivity index (χ0n) is 16.1.